The minimum atomic E-state index is -0.311. The lowest BCUT2D eigenvalue weighted by Crippen LogP contribution is -2.49. The van der Waals surface area contributed by atoms with Crippen LogP contribution >= 0.6 is 0 Å². The van der Waals surface area contributed by atoms with Gasteiger partial charge in [0.05, 0.1) is 5.69 Å². The van der Waals surface area contributed by atoms with E-state index in [9.17, 15) is 9.18 Å². The van der Waals surface area contributed by atoms with Crippen molar-refractivity contribution in [2.45, 2.75) is 6.92 Å². The van der Waals surface area contributed by atoms with Crippen LogP contribution in [0.15, 0.2) is 54.9 Å². The Morgan fingerprint density at radius 1 is 1.00 bits per heavy atom. The molecule has 1 aromatic carbocycles. The van der Waals surface area contributed by atoms with Gasteiger partial charge in [-0.2, -0.15) is 5.10 Å². The van der Waals surface area contributed by atoms with E-state index in [0.29, 0.717) is 43.4 Å². The first kappa shape index (κ1) is 19.9. The average molecular weight is 432 g/mol. The monoisotopic (exact) mass is 432 g/mol. The average Bonchev–Trinajstić information content (AvgIpc) is 3.49. The fourth-order valence-corrected chi connectivity index (χ4v) is 3.74. The van der Waals surface area contributed by atoms with Gasteiger partial charge in [-0.1, -0.05) is 0 Å². The van der Waals surface area contributed by atoms with Gasteiger partial charge in [0.2, 0.25) is 0 Å². The first-order chi connectivity index (χ1) is 15.6. The van der Waals surface area contributed by atoms with Crippen LogP contribution in [0.1, 0.15) is 16.3 Å². The molecule has 1 amide bonds. The van der Waals surface area contributed by atoms with E-state index in [-0.39, 0.29) is 11.7 Å². The second-order valence-electron chi connectivity index (χ2n) is 7.55. The lowest BCUT2D eigenvalue weighted by molar-refractivity contribution is 0.0740. The molecule has 5 rings (SSSR count). The predicted octanol–water partition coefficient (Wildman–Crippen LogP) is 2.46. The number of imidazole rings is 1. The first-order valence-corrected chi connectivity index (χ1v) is 10.3. The maximum atomic E-state index is 13.1. The van der Waals surface area contributed by atoms with Crippen LogP contribution in [-0.2, 0) is 0 Å². The van der Waals surface area contributed by atoms with Gasteiger partial charge >= 0.3 is 0 Å². The second-order valence-corrected chi connectivity index (χ2v) is 7.55. The van der Waals surface area contributed by atoms with Gasteiger partial charge in [0.25, 0.3) is 5.91 Å². The molecule has 1 fully saturated rings. The summed E-state index contributed by atoms with van der Waals surface area (Å²) in [6.45, 7) is 4.35. The number of carbonyl (C=O) groups excluding carboxylic acids is 1. The number of aromatic nitrogens is 6. The van der Waals surface area contributed by atoms with E-state index in [0.717, 1.165) is 17.2 Å². The summed E-state index contributed by atoms with van der Waals surface area (Å²) in [5.74, 6) is 1.92. The molecule has 1 N–H and O–H groups in total. The number of rotatable bonds is 4. The van der Waals surface area contributed by atoms with Gasteiger partial charge in [0.1, 0.15) is 17.3 Å². The zero-order chi connectivity index (χ0) is 22.1. The van der Waals surface area contributed by atoms with Crippen LogP contribution in [0.4, 0.5) is 10.2 Å². The fraction of sp³-hybridized carbons (Fsp3) is 0.227. The maximum absolute atomic E-state index is 13.1. The van der Waals surface area contributed by atoms with E-state index in [2.05, 4.69) is 30.3 Å². The van der Waals surface area contributed by atoms with Crippen LogP contribution in [0, 0.1) is 12.7 Å². The SMILES string of the molecule is Cc1nccn1-c1ccc(N2CCN(C(=O)c3cc(-c4ccc(F)cc4)n[nH]3)CC2)nn1. The number of halogens is 1. The highest BCUT2D eigenvalue weighted by molar-refractivity contribution is 5.93. The van der Waals surface area contributed by atoms with Crippen LogP contribution in [0.25, 0.3) is 17.1 Å². The fourth-order valence-electron chi connectivity index (χ4n) is 3.74. The van der Waals surface area contributed by atoms with Crippen molar-refractivity contribution in [2.24, 2.45) is 0 Å². The van der Waals surface area contributed by atoms with Crippen LogP contribution in [0.2, 0.25) is 0 Å². The molecule has 1 saturated heterocycles. The van der Waals surface area contributed by atoms with E-state index >= 15 is 0 Å². The number of anilines is 1. The lowest BCUT2D eigenvalue weighted by Gasteiger charge is -2.34. The normalized spacial score (nSPS) is 14.1. The van der Waals surface area contributed by atoms with Crippen LogP contribution in [0.5, 0.6) is 0 Å². The topological polar surface area (TPSA) is 95.8 Å². The van der Waals surface area contributed by atoms with Gasteiger partial charge in [-0.3, -0.25) is 14.5 Å². The van der Waals surface area contributed by atoms with Crippen LogP contribution < -0.4 is 4.90 Å². The van der Waals surface area contributed by atoms with Crippen LogP contribution in [0.3, 0.4) is 0 Å². The summed E-state index contributed by atoms with van der Waals surface area (Å²) in [4.78, 5) is 21.0. The summed E-state index contributed by atoms with van der Waals surface area (Å²) < 4.78 is 15.0. The molecule has 1 aliphatic rings. The number of benzene rings is 1. The molecule has 4 aromatic rings. The molecule has 10 heteroatoms. The van der Waals surface area contributed by atoms with E-state index in [4.69, 9.17) is 0 Å². The highest BCUT2D eigenvalue weighted by Crippen LogP contribution is 2.20. The Bertz CT molecular complexity index is 1220. The van der Waals surface area contributed by atoms with Gasteiger partial charge in [-0.05, 0) is 49.4 Å². The number of aryl methyl sites for hydroxylation is 1. The highest BCUT2D eigenvalue weighted by Gasteiger charge is 2.24. The number of hydrogen-bond donors (Lipinski definition) is 1. The molecule has 162 valence electrons. The summed E-state index contributed by atoms with van der Waals surface area (Å²) in [7, 11) is 0. The van der Waals surface area contributed by atoms with Crippen molar-refractivity contribution < 1.29 is 9.18 Å². The molecular weight excluding hydrogens is 411 g/mol. The highest BCUT2D eigenvalue weighted by atomic mass is 19.1. The summed E-state index contributed by atoms with van der Waals surface area (Å²) in [5.41, 5.74) is 1.77. The van der Waals surface area contributed by atoms with Crippen molar-refractivity contribution in [2.75, 3.05) is 31.1 Å². The number of H-pyrrole nitrogens is 1. The van der Waals surface area contributed by atoms with Crippen molar-refractivity contribution >= 4 is 11.7 Å². The predicted molar refractivity (Wildman–Crippen MR) is 116 cm³/mol. The van der Waals surface area contributed by atoms with Gasteiger partial charge in [0.15, 0.2) is 11.6 Å². The standard InChI is InChI=1S/C22H21FN8O/c1-15-24-8-9-31(15)21-7-6-20(27-28-21)29-10-12-30(13-11-29)22(32)19-14-18(25-26-19)16-2-4-17(23)5-3-16/h2-9,14H,10-13H2,1H3,(H,25,26). The quantitative estimate of drug-likeness (QED) is 0.532. The summed E-state index contributed by atoms with van der Waals surface area (Å²) in [5, 5.41) is 15.7. The van der Waals surface area contributed by atoms with E-state index in [1.807, 2.05) is 29.8 Å². The summed E-state index contributed by atoms with van der Waals surface area (Å²) in [6, 6.07) is 11.6. The summed E-state index contributed by atoms with van der Waals surface area (Å²) >= 11 is 0. The Morgan fingerprint density at radius 2 is 1.72 bits per heavy atom. The number of nitrogens with zero attached hydrogens (tertiary/aromatic N) is 7. The molecule has 0 aliphatic carbocycles. The number of nitrogens with one attached hydrogen (secondary N) is 1. The van der Waals surface area contributed by atoms with Gasteiger partial charge in [-0.25, -0.2) is 9.37 Å². The van der Waals surface area contributed by atoms with Crippen molar-refractivity contribution in [1.82, 2.24) is 34.8 Å². The van der Waals surface area contributed by atoms with Crippen molar-refractivity contribution in [3.8, 4) is 17.1 Å². The lowest BCUT2D eigenvalue weighted by atomic mass is 10.1. The van der Waals surface area contributed by atoms with Crippen molar-refractivity contribution in [3.05, 3.63) is 72.2 Å². The molecule has 4 heterocycles. The maximum Gasteiger partial charge on any atom is 0.272 e. The third-order valence-corrected chi connectivity index (χ3v) is 5.55. The zero-order valence-electron chi connectivity index (χ0n) is 17.4. The smallest absolute Gasteiger partial charge is 0.272 e. The van der Waals surface area contributed by atoms with Gasteiger partial charge < -0.3 is 9.80 Å². The zero-order valence-corrected chi connectivity index (χ0v) is 17.4. The van der Waals surface area contributed by atoms with Crippen molar-refractivity contribution in [1.29, 1.82) is 0 Å². The van der Waals surface area contributed by atoms with Gasteiger partial charge in [0, 0.05) is 44.1 Å². The Labute approximate surface area is 183 Å². The molecule has 1 aliphatic heterocycles. The Hall–Kier alpha value is -4.08. The molecule has 3 aromatic heterocycles. The molecule has 0 radical (unpaired) electrons. The Kier molecular flexibility index (Phi) is 5.10. The second kappa shape index (κ2) is 8.22. The van der Waals surface area contributed by atoms with Crippen LogP contribution in [-0.4, -0.2) is 66.9 Å². The third-order valence-electron chi connectivity index (χ3n) is 5.55. The molecular formula is C22H21FN8O. The molecule has 9 nitrogen and oxygen atoms in total. The van der Waals surface area contributed by atoms with E-state index in [1.54, 1.807) is 29.3 Å². The van der Waals surface area contributed by atoms with E-state index in [1.165, 1.54) is 12.1 Å². The molecule has 0 unspecified atom stereocenters. The molecule has 32 heavy (non-hydrogen) atoms. The number of amides is 1. The Morgan fingerprint density at radius 3 is 2.38 bits per heavy atom. The minimum Gasteiger partial charge on any atom is -0.352 e. The molecule has 0 atom stereocenters. The largest absolute Gasteiger partial charge is 0.352 e. The number of piperazine rings is 1. The Balaban J connectivity index is 1.21. The van der Waals surface area contributed by atoms with Gasteiger partial charge in [-0.15, -0.1) is 10.2 Å². The van der Waals surface area contributed by atoms with Crippen molar-refractivity contribution in [3.63, 3.8) is 0 Å². The van der Waals surface area contributed by atoms with E-state index < -0.39 is 0 Å². The molecule has 0 spiro atoms. The number of carbonyl (C=O) groups is 1. The first-order valence-electron chi connectivity index (χ1n) is 10.3. The number of aromatic amines is 1. The third kappa shape index (κ3) is 3.82. The molecule has 0 saturated carbocycles. The summed E-state index contributed by atoms with van der Waals surface area (Å²) in [6.07, 6.45) is 3.57. The minimum absolute atomic E-state index is 0.109. The number of hydrogen-bond acceptors (Lipinski definition) is 6. The molecule has 0 bridgehead atoms.